The van der Waals surface area contributed by atoms with Crippen LogP contribution in [-0.4, -0.2) is 38.3 Å². The second-order valence-electron chi connectivity index (χ2n) is 6.17. The SMILES string of the molecule is CC(=N)c1cc(-c2nnc(C(N)=O)n2-c2ccc3c(c2)OCO3)c(O)cc1N. The van der Waals surface area contributed by atoms with Crippen LogP contribution < -0.4 is 20.9 Å². The van der Waals surface area contributed by atoms with Crippen molar-refractivity contribution in [3.8, 4) is 34.3 Å². The van der Waals surface area contributed by atoms with Crippen molar-refractivity contribution in [2.24, 2.45) is 5.73 Å². The van der Waals surface area contributed by atoms with Gasteiger partial charge in [-0.05, 0) is 25.1 Å². The number of aromatic nitrogens is 3. The molecule has 0 bridgehead atoms. The lowest BCUT2D eigenvalue weighted by Crippen LogP contribution is -2.18. The Morgan fingerprint density at radius 2 is 1.96 bits per heavy atom. The molecule has 0 unspecified atom stereocenters. The van der Waals surface area contributed by atoms with Gasteiger partial charge in [-0.1, -0.05) is 0 Å². The Bertz CT molecular complexity index is 1140. The lowest BCUT2D eigenvalue weighted by molar-refractivity contribution is 0.0988. The first kappa shape index (κ1) is 17.3. The van der Waals surface area contributed by atoms with Gasteiger partial charge >= 0.3 is 0 Å². The number of nitrogens with two attached hydrogens (primary N) is 2. The number of nitrogen functional groups attached to an aromatic ring is 1. The predicted molar refractivity (Wildman–Crippen MR) is 100 cm³/mol. The van der Waals surface area contributed by atoms with Crippen LogP contribution in [0, 0.1) is 5.41 Å². The van der Waals surface area contributed by atoms with Crippen molar-refractivity contribution in [3.05, 3.63) is 41.7 Å². The number of carbonyl (C=O) groups excluding carboxylic acids is 1. The lowest BCUT2D eigenvalue weighted by atomic mass is 10.0. The van der Waals surface area contributed by atoms with E-state index in [0.717, 1.165) is 0 Å². The number of fused-ring (bicyclic) bond motifs is 1. The molecule has 0 saturated carbocycles. The zero-order chi connectivity index (χ0) is 20.0. The Hall–Kier alpha value is -4.08. The third-order valence-electron chi connectivity index (χ3n) is 4.31. The van der Waals surface area contributed by atoms with Crippen LogP contribution in [0.4, 0.5) is 5.69 Å². The van der Waals surface area contributed by atoms with E-state index in [2.05, 4.69) is 10.2 Å². The standard InChI is InChI=1S/C18H16N6O4/c1-8(19)10-5-11(13(25)6-12(10)20)17-22-23-18(16(21)26)24(17)9-2-3-14-15(4-9)28-7-27-14/h2-6,19,25H,7,20H2,1H3,(H2,21,26). The summed E-state index contributed by atoms with van der Waals surface area (Å²) >= 11 is 0. The molecule has 6 N–H and O–H groups in total. The van der Waals surface area contributed by atoms with E-state index in [9.17, 15) is 9.90 Å². The molecule has 1 amide bonds. The molecule has 3 aromatic rings. The summed E-state index contributed by atoms with van der Waals surface area (Å²) in [6, 6.07) is 7.86. The Morgan fingerprint density at radius 1 is 1.21 bits per heavy atom. The number of phenolic OH excluding ortho intramolecular Hbond substituents is 1. The number of carbonyl (C=O) groups is 1. The zero-order valence-electron chi connectivity index (χ0n) is 14.8. The number of nitrogens with one attached hydrogen (secondary N) is 1. The Labute approximate surface area is 158 Å². The first-order valence-corrected chi connectivity index (χ1v) is 8.20. The molecule has 0 spiro atoms. The summed E-state index contributed by atoms with van der Waals surface area (Å²) < 4.78 is 12.1. The molecule has 28 heavy (non-hydrogen) atoms. The molecule has 1 aromatic heterocycles. The molecule has 2 heterocycles. The highest BCUT2D eigenvalue weighted by molar-refractivity contribution is 6.02. The second kappa shape index (κ2) is 6.27. The minimum absolute atomic E-state index is 0.0945. The molecule has 4 rings (SSSR count). The van der Waals surface area contributed by atoms with Crippen LogP contribution in [0.1, 0.15) is 23.1 Å². The van der Waals surface area contributed by atoms with E-state index >= 15 is 0 Å². The minimum Gasteiger partial charge on any atom is -0.507 e. The van der Waals surface area contributed by atoms with Crippen molar-refractivity contribution in [1.82, 2.24) is 14.8 Å². The number of phenols is 1. The number of hydrogen-bond donors (Lipinski definition) is 4. The Kier molecular flexibility index (Phi) is 3.88. The highest BCUT2D eigenvalue weighted by Crippen LogP contribution is 2.37. The molecule has 10 nitrogen and oxygen atoms in total. The van der Waals surface area contributed by atoms with E-state index < -0.39 is 5.91 Å². The maximum absolute atomic E-state index is 11.9. The van der Waals surface area contributed by atoms with Crippen molar-refractivity contribution < 1.29 is 19.4 Å². The van der Waals surface area contributed by atoms with Crippen molar-refractivity contribution in [1.29, 1.82) is 5.41 Å². The fourth-order valence-corrected chi connectivity index (χ4v) is 3.00. The average Bonchev–Trinajstić information content (AvgIpc) is 3.27. The topological polar surface area (TPSA) is 162 Å². The minimum atomic E-state index is -0.796. The summed E-state index contributed by atoms with van der Waals surface area (Å²) in [5.41, 5.74) is 13.0. The smallest absolute Gasteiger partial charge is 0.287 e. The van der Waals surface area contributed by atoms with Gasteiger partial charge in [-0.2, -0.15) is 0 Å². The fourth-order valence-electron chi connectivity index (χ4n) is 3.00. The zero-order valence-corrected chi connectivity index (χ0v) is 14.8. The van der Waals surface area contributed by atoms with Crippen LogP contribution in [0.15, 0.2) is 30.3 Å². The molecule has 10 heteroatoms. The number of aromatic hydroxyl groups is 1. The molecule has 0 atom stereocenters. The van der Waals surface area contributed by atoms with E-state index in [4.69, 9.17) is 26.4 Å². The maximum Gasteiger partial charge on any atom is 0.287 e. The predicted octanol–water partition coefficient (Wildman–Crippen LogP) is 1.44. The number of primary amides is 1. The number of hydrogen-bond acceptors (Lipinski definition) is 8. The number of amides is 1. The van der Waals surface area contributed by atoms with Gasteiger partial charge in [0, 0.05) is 29.1 Å². The van der Waals surface area contributed by atoms with Crippen LogP contribution in [0.2, 0.25) is 0 Å². The molecule has 0 saturated heterocycles. The number of rotatable bonds is 4. The molecule has 0 radical (unpaired) electrons. The van der Waals surface area contributed by atoms with Crippen LogP contribution in [-0.2, 0) is 0 Å². The summed E-state index contributed by atoms with van der Waals surface area (Å²) in [6.07, 6.45) is 0. The highest BCUT2D eigenvalue weighted by atomic mass is 16.7. The quantitative estimate of drug-likeness (QED) is 0.393. The highest BCUT2D eigenvalue weighted by Gasteiger charge is 2.24. The summed E-state index contributed by atoms with van der Waals surface area (Å²) in [6.45, 7) is 1.67. The van der Waals surface area contributed by atoms with Gasteiger partial charge in [0.05, 0.1) is 11.3 Å². The monoisotopic (exact) mass is 380 g/mol. The first-order chi connectivity index (χ1) is 13.4. The van der Waals surface area contributed by atoms with Crippen molar-refractivity contribution in [2.45, 2.75) is 6.92 Å². The molecule has 142 valence electrons. The number of ether oxygens (including phenoxy) is 2. The first-order valence-electron chi connectivity index (χ1n) is 8.20. The normalized spacial score (nSPS) is 12.2. The van der Waals surface area contributed by atoms with Gasteiger partial charge < -0.3 is 31.5 Å². The van der Waals surface area contributed by atoms with Gasteiger partial charge in [-0.15, -0.1) is 10.2 Å². The van der Waals surface area contributed by atoms with Gasteiger partial charge in [0.15, 0.2) is 17.3 Å². The van der Waals surface area contributed by atoms with E-state index in [1.54, 1.807) is 25.1 Å². The van der Waals surface area contributed by atoms with Crippen LogP contribution >= 0.6 is 0 Å². The lowest BCUT2D eigenvalue weighted by Gasteiger charge is -2.13. The molecule has 1 aliphatic heterocycles. The Morgan fingerprint density at radius 3 is 2.68 bits per heavy atom. The fraction of sp³-hybridized carbons (Fsp3) is 0.111. The van der Waals surface area contributed by atoms with E-state index in [-0.39, 0.29) is 41.2 Å². The molecule has 0 fully saturated rings. The second-order valence-corrected chi connectivity index (χ2v) is 6.17. The summed E-state index contributed by atoms with van der Waals surface area (Å²) in [4.78, 5) is 11.9. The van der Waals surface area contributed by atoms with E-state index in [1.165, 1.54) is 16.7 Å². The van der Waals surface area contributed by atoms with Gasteiger partial charge in [-0.3, -0.25) is 9.36 Å². The van der Waals surface area contributed by atoms with Gasteiger partial charge in [0.25, 0.3) is 5.91 Å². The molecule has 1 aliphatic rings. The van der Waals surface area contributed by atoms with Crippen LogP contribution in [0.25, 0.3) is 17.1 Å². The summed E-state index contributed by atoms with van der Waals surface area (Å²) in [7, 11) is 0. The maximum atomic E-state index is 11.9. The largest absolute Gasteiger partial charge is 0.507 e. The third kappa shape index (κ3) is 2.67. The average molecular weight is 380 g/mol. The number of benzene rings is 2. The number of nitrogens with zero attached hydrogens (tertiary/aromatic N) is 3. The van der Waals surface area contributed by atoms with Crippen molar-refractivity contribution >= 4 is 17.3 Å². The van der Waals surface area contributed by atoms with Crippen LogP contribution in [0.3, 0.4) is 0 Å². The summed E-state index contributed by atoms with van der Waals surface area (Å²) in [5, 5.41) is 26.2. The summed E-state index contributed by atoms with van der Waals surface area (Å²) in [5.74, 6) is 0.120. The number of anilines is 1. The van der Waals surface area contributed by atoms with Crippen LogP contribution in [0.5, 0.6) is 17.2 Å². The van der Waals surface area contributed by atoms with Gasteiger partial charge in [0.2, 0.25) is 12.6 Å². The van der Waals surface area contributed by atoms with Crippen molar-refractivity contribution in [3.63, 3.8) is 0 Å². The molecule has 2 aromatic carbocycles. The van der Waals surface area contributed by atoms with E-state index in [0.29, 0.717) is 22.7 Å². The van der Waals surface area contributed by atoms with Crippen molar-refractivity contribution in [2.75, 3.05) is 12.5 Å². The molecule has 0 aliphatic carbocycles. The molecular weight excluding hydrogens is 364 g/mol. The molecular formula is C18H16N6O4. The Balaban J connectivity index is 1.96. The van der Waals surface area contributed by atoms with E-state index in [1.807, 2.05) is 0 Å². The van der Waals surface area contributed by atoms with Gasteiger partial charge in [-0.25, -0.2) is 0 Å². The van der Waals surface area contributed by atoms with Gasteiger partial charge in [0.1, 0.15) is 5.75 Å². The third-order valence-corrected chi connectivity index (χ3v) is 4.31.